The van der Waals surface area contributed by atoms with Gasteiger partial charge in [0.1, 0.15) is 0 Å². The molecule has 1 aliphatic rings. The topological polar surface area (TPSA) is 66.4 Å². The third-order valence-corrected chi connectivity index (χ3v) is 2.65. The molecule has 1 aliphatic carbocycles. The van der Waals surface area contributed by atoms with E-state index < -0.39 is 5.97 Å². The number of hydrogen-bond acceptors (Lipinski definition) is 2. The van der Waals surface area contributed by atoms with Crippen molar-refractivity contribution in [3.63, 3.8) is 0 Å². The molecule has 0 aromatic heterocycles. The SMILES string of the molecule is O=C(O)c1cc(Cl)ccc1NC(=O)C1CC1. The highest BCUT2D eigenvalue weighted by molar-refractivity contribution is 6.31. The van der Waals surface area contributed by atoms with Gasteiger partial charge in [0, 0.05) is 10.9 Å². The second-order valence-electron chi connectivity index (χ2n) is 3.76. The predicted octanol–water partition coefficient (Wildman–Crippen LogP) is 2.39. The van der Waals surface area contributed by atoms with E-state index in [4.69, 9.17) is 16.7 Å². The van der Waals surface area contributed by atoms with Gasteiger partial charge in [0.2, 0.25) is 5.91 Å². The summed E-state index contributed by atoms with van der Waals surface area (Å²) < 4.78 is 0. The molecular weight excluding hydrogens is 230 g/mol. The van der Waals surface area contributed by atoms with Crippen LogP contribution in [-0.2, 0) is 4.79 Å². The number of carboxylic acid groups (broad SMARTS) is 1. The Balaban J connectivity index is 2.24. The zero-order valence-corrected chi connectivity index (χ0v) is 9.12. The van der Waals surface area contributed by atoms with Gasteiger partial charge in [-0.05, 0) is 31.0 Å². The second-order valence-corrected chi connectivity index (χ2v) is 4.20. The molecule has 0 radical (unpaired) electrons. The highest BCUT2D eigenvalue weighted by atomic mass is 35.5. The Labute approximate surface area is 97.2 Å². The third-order valence-electron chi connectivity index (χ3n) is 2.42. The number of rotatable bonds is 3. The van der Waals surface area contributed by atoms with Crippen LogP contribution in [0.1, 0.15) is 23.2 Å². The first-order valence-electron chi connectivity index (χ1n) is 4.91. The maximum atomic E-state index is 11.5. The van der Waals surface area contributed by atoms with Crippen molar-refractivity contribution < 1.29 is 14.7 Å². The van der Waals surface area contributed by atoms with E-state index >= 15 is 0 Å². The van der Waals surface area contributed by atoms with Gasteiger partial charge in [-0.25, -0.2) is 4.79 Å². The molecule has 5 heteroatoms. The quantitative estimate of drug-likeness (QED) is 0.851. The summed E-state index contributed by atoms with van der Waals surface area (Å²) in [6.45, 7) is 0. The molecular formula is C11H10ClNO3. The van der Waals surface area contributed by atoms with E-state index in [0.29, 0.717) is 10.7 Å². The minimum Gasteiger partial charge on any atom is -0.478 e. The summed E-state index contributed by atoms with van der Waals surface area (Å²) in [5.41, 5.74) is 0.315. The van der Waals surface area contributed by atoms with Gasteiger partial charge in [0.25, 0.3) is 0 Å². The standard InChI is InChI=1S/C11H10ClNO3/c12-7-3-4-9(8(5-7)11(15)16)13-10(14)6-1-2-6/h3-6H,1-2H2,(H,13,14)(H,15,16). The lowest BCUT2D eigenvalue weighted by Crippen LogP contribution is -2.16. The Morgan fingerprint density at radius 3 is 2.62 bits per heavy atom. The Morgan fingerprint density at radius 2 is 2.06 bits per heavy atom. The van der Waals surface area contributed by atoms with Crippen LogP contribution in [0.25, 0.3) is 0 Å². The Hall–Kier alpha value is -1.55. The zero-order chi connectivity index (χ0) is 11.7. The number of halogens is 1. The third kappa shape index (κ3) is 2.33. The Kier molecular flexibility index (Phi) is 2.83. The smallest absolute Gasteiger partial charge is 0.337 e. The molecule has 0 saturated heterocycles. The normalized spacial score (nSPS) is 14.6. The van der Waals surface area contributed by atoms with Crippen LogP contribution < -0.4 is 5.32 Å². The van der Waals surface area contributed by atoms with Crippen molar-refractivity contribution in [3.8, 4) is 0 Å². The van der Waals surface area contributed by atoms with Crippen molar-refractivity contribution in [2.24, 2.45) is 5.92 Å². The molecule has 84 valence electrons. The maximum absolute atomic E-state index is 11.5. The van der Waals surface area contributed by atoms with Crippen molar-refractivity contribution in [1.29, 1.82) is 0 Å². The molecule has 2 rings (SSSR count). The fraction of sp³-hybridized carbons (Fsp3) is 0.273. The molecule has 0 aliphatic heterocycles. The van der Waals surface area contributed by atoms with Gasteiger partial charge >= 0.3 is 5.97 Å². The first-order valence-corrected chi connectivity index (χ1v) is 5.29. The van der Waals surface area contributed by atoms with Crippen LogP contribution in [-0.4, -0.2) is 17.0 Å². The average molecular weight is 240 g/mol. The molecule has 1 aromatic carbocycles. The van der Waals surface area contributed by atoms with Gasteiger partial charge in [0.05, 0.1) is 11.3 Å². The van der Waals surface area contributed by atoms with E-state index in [2.05, 4.69) is 5.32 Å². The summed E-state index contributed by atoms with van der Waals surface area (Å²) in [5, 5.41) is 11.9. The number of carbonyl (C=O) groups is 2. The number of nitrogens with one attached hydrogen (secondary N) is 1. The molecule has 4 nitrogen and oxygen atoms in total. The van der Waals surface area contributed by atoms with Crippen LogP contribution in [0.2, 0.25) is 5.02 Å². The van der Waals surface area contributed by atoms with E-state index in [0.717, 1.165) is 12.8 Å². The largest absolute Gasteiger partial charge is 0.478 e. The average Bonchev–Trinajstić information content (AvgIpc) is 3.03. The van der Waals surface area contributed by atoms with Crippen molar-refractivity contribution in [2.75, 3.05) is 5.32 Å². The van der Waals surface area contributed by atoms with Crippen LogP contribution in [0.5, 0.6) is 0 Å². The lowest BCUT2D eigenvalue weighted by atomic mass is 10.1. The Bertz CT molecular complexity index is 455. The number of carbonyl (C=O) groups excluding carboxylic acids is 1. The summed E-state index contributed by atoms with van der Waals surface area (Å²) in [7, 11) is 0. The van der Waals surface area contributed by atoms with E-state index in [1.807, 2.05) is 0 Å². The number of amides is 1. The number of carboxylic acids is 1. The fourth-order valence-corrected chi connectivity index (χ4v) is 1.55. The fourth-order valence-electron chi connectivity index (χ4n) is 1.38. The Morgan fingerprint density at radius 1 is 1.38 bits per heavy atom. The van der Waals surface area contributed by atoms with E-state index in [1.54, 1.807) is 6.07 Å². The van der Waals surface area contributed by atoms with Gasteiger partial charge < -0.3 is 10.4 Å². The monoisotopic (exact) mass is 239 g/mol. The van der Waals surface area contributed by atoms with Crippen LogP contribution in [0.3, 0.4) is 0 Å². The highest BCUT2D eigenvalue weighted by Crippen LogP contribution is 2.31. The van der Waals surface area contributed by atoms with E-state index in [1.165, 1.54) is 12.1 Å². The van der Waals surface area contributed by atoms with Crippen LogP contribution >= 0.6 is 11.6 Å². The number of benzene rings is 1. The van der Waals surface area contributed by atoms with Gasteiger partial charge in [0.15, 0.2) is 0 Å². The number of hydrogen-bond donors (Lipinski definition) is 2. The summed E-state index contributed by atoms with van der Waals surface area (Å²) in [4.78, 5) is 22.4. The molecule has 1 saturated carbocycles. The van der Waals surface area contributed by atoms with Crippen LogP contribution in [0.15, 0.2) is 18.2 Å². The molecule has 1 aromatic rings. The van der Waals surface area contributed by atoms with Gasteiger partial charge in [-0.3, -0.25) is 4.79 Å². The lowest BCUT2D eigenvalue weighted by Gasteiger charge is -2.08. The van der Waals surface area contributed by atoms with Crippen LogP contribution in [0.4, 0.5) is 5.69 Å². The summed E-state index contributed by atoms with van der Waals surface area (Å²) in [6.07, 6.45) is 1.75. The van der Waals surface area contributed by atoms with Crippen molar-refractivity contribution in [1.82, 2.24) is 0 Å². The number of anilines is 1. The molecule has 2 N–H and O–H groups in total. The van der Waals surface area contributed by atoms with Gasteiger partial charge in [-0.2, -0.15) is 0 Å². The second kappa shape index (κ2) is 4.14. The van der Waals surface area contributed by atoms with Crippen LogP contribution in [0, 0.1) is 5.92 Å². The van der Waals surface area contributed by atoms with Crippen molar-refractivity contribution in [2.45, 2.75) is 12.8 Å². The molecule has 0 bridgehead atoms. The summed E-state index contributed by atoms with van der Waals surface area (Å²) in [6, 6.07) is 4.38. The summed E-state index contributed by atoms with van der Waals surface area (Å²) >= 11 is 5.70. The minimum atomic E-state index is -1.10. The zero-order valence-electron chi connectivity index (χ0n) is 8.37. The molecule has 1 amide bonds. The molecule has 0 unspecified atom stereocenters. The maximum Gasteiger partial charge on any atom is 0.337 e. The number of aromatic carboxylic acids is 1. The molecule has 16 heavy (non-hydrogen) atoms. The van der Waals surface area contributed by atoms with Gasteiger partial charge in [-0.1, -0.05) is 11.6 Å². The molecule has 0 heterocycles. The first kappa shape index (κ1) is 11.0. The highest BCUT2D eigenvalue weighted by Gasteiger charge is 2.30. The van der Waals surface area contributed by atoms with Gasteiger partial charge in [-0.15, -0.1) is 0 Å². The summed E-state index contributed by atoms with van der Waals surface area (Å²) in [5.74, 6) is -1.18. The lowest BCUT2D eigenvalue weighted by molar-refractivity contribution is -0.117. The van der Waals surface area contributed by atoms with Crippen molar-refractivity contribution in [3.05, 3.63) is 28.8 Å². The molecule has 0 atom stereocenters. The van der Waals surface area contributed by atoms with Crippen molar-refractivity contribution >= 4 is 29.2 Å². The molecule has 0 spiro atoms. The van der Waals surface area contributed by atoms with E-state index in [-0.39, 0.29) is 17.4 Å². The molecule has 1 fully saturated rings. The first-order chi connectivity index (χ1) is 7.58. The minimum absolute atomic E-state index is 0.0153. The predicted molar refractivity (Wildman–Crippen MR) is 59.8 cm³/mol. The van der Waals surface area contributed by atoms with E-state index in [9.17, 15) is 9.59 Å².